The van der Waals surface area contributed by atoms with Crippen LogP contribution < -0.4 is 19.5 Å². The molecule has 0 aliphatic carbocycles. The molecule has 0 radical (unpaired) electrons. The summed E-state index contributed by atoms with van der Waals surface area (Å²) >= 11 is 0. The molecule has 0 spiro atoms. The fourth-order valence-electron chi connectivity index (χ4n) is 3.06. The second-order valence-electron chi connectivity index (χ2n) is 5.89. The quantitative estimate of drug-likeness (QED) is 0.738. The second kappa shape index (κ2) is 9.37. The van der Waals surface area contributed by atoms with Gasteiger partial charge >= 0.3 is 0 Å². The van der Waals surface area contributed by atoms with Gasteiger partial charge in [0.2, 0.25) is 5.75 Å². The van der Waals surface area contributed by atoms with Crippen molar-refractivity contribution in [2.45, 2.75) is 25.7 Å². The van der Waals surface area contributed by atoms with Crippen LogP contribution in [0.3, 0.4) is 0 Å². The van der Waals surface area contributed by atoms with E-state index in [2.05, 4.69) is 10.2 Å². The number of likely N-dealkylation sites (tertiary alicyclic amines) is 1. The molecule has 0 saturated carbocycles. The van der Waals surface area contributed by atoms with Crippen LogP contribution in [0, 0.1) is 0 Å². The average Bonchev–Trinajstić information content (AvgIpc) is 2.64. The molecule has 6 heteroatoms. The third kappa shape index (κ3) is 4.54. The average molecular weight is 336 g/mol. The summed E-state index contributed by atoms with van der Waals surface area (Å²) in [5.41, 5.74) is 0.452. The molecular formula is C18H28N2O4. The van der Waals surface area contributed by atoms with Gasteiger partial charge in [0, 0.05) is 6.54 Å². The number of carbonyl (C=O) groups excluding carboxylic acids is 1. The number of nitrogens with one attached hydrogen (secondary N) is 1. The first kappa shape index (κ1) is 18.4. The molecule has 6 nitrogen and oxygen atoms in total. The van der Waals surface area contributed by atoms with Crippen LogP contribution in [0.5, 0.6) is 17.2 Å². The van der Waals surface area contributed by atoms with Gasteiger partial charge < -0.3 is 24.4 Å². The maximum atomic E-state index is 12.4. The van der Waals surface area contributed by atoms with Crippen LogP contribution in [0.2, 0.25) is 0 Å². The molecule has 134 valence electrons. The zero-order chi connectivity index (χ0) is 17.4. The Hall–Kier alpha value is -1.95. The highest BCUT2D eigenvalue weighted by molar-refractivity contribution is 5.98. The highest BCUT2D eigenvalue weighted by atomic mass is 16.5. The number of hydrogen-bond acceptors (Lipinski definition) is 5. The van der Waals surface area contributed by atoms with Crippen LogP contribution in [0.1, 0.15) is 36.0 Å². The van der Waals surface area contributed by atoms with Gasteiger partial charge in [0.15, 0.2) is 11.5 Å². The number of nitrogens with zero attached hydrogens (tertiary/aromatic N) is 1. The third-order valence-electron chi connectivity index (χ3n) is 4.33. The predicted octanol–water partition coefficient (Wildman–Crippen LogP) is 2.32. The highest BCUT2D eigenvalue weighted by Gasteiger charge is 2.20. The molecule has 0 atom stereocenters. The molecule has 1 N–H and O–H groups in total. The van der Waals surface area contributed by atoms with Crippen LogP contribution in [-0.2, 0) is 0 Å². The Balaban J connectivity index is 1.91. The van der Waals surface area contributed by atoms with Crippen LogP contribution in [0.4, 0.5) is 0 Å². The van der Waals surface area contributed by atoms with Crippen molar-refractivity contribution in [3.05, 3.63) is 17.7 Å². The number of carbonyl (C=O) groups is 1. The van der Waals surface area contributed by atoms with Gasteiger partial charge in [0.25, 0.3) is 5.91 Å². The van der Waals surface area contributed by atoms with E-state index in [-0.39, 0.29) is 5.91 Å². The van der Waals surface area contributed by atoms with Crippen molar-refractivity contribution in [3.63, 3.8) is 0 Å². The van der Waals surface area contributed by atoms with Crippen LogP contribution in [0.15, 0.2) is 12.1 Å². The Morgan fingerprint density at radius 3 is 2.38 bits per heavy atom. The van der Waals surface area contributed by atoms with E-state index in [9.17, 15) is 4.79 Å². The van der Waals surface area contributed by atoms with Crippen molar-refractivity contribution in [2.75, 3.05) is 47.5 Å². The second-order valence-corrected chi connectivity index (χ2v) is 5.89. The van der Waals surface area contributed by atoms with Gasteiger partial charge in [0.1, 0.15) is 0 Å². The SMILES string of the molecule is COc1ccc(C(=O)NCCCN2CCCCC2)c(OC)c1OC. The summed E-state index contributed by atoms with van der Waals surface area (Å²) in [7, 11) is 4.60. The van der Waals surface area contributed by atoms with Crippen molar-refractivity contribution in [2.24, 2.45) is 0 Å². The lowest BCUT2D eigenvalue weighted by atomic mass is 10.1. The molecule has 0 aromatic heterocycles. The molecule has 1 heterocycles. The van der Waals surface area contributed by atoms with Gasteiger partial charge in [-0.3, -0.25) is 4.79 Å². The largest absolute Gasteiger partial charge is 0.493 e. The fourth-order valence-corrected chi connectivity index (χ4v) is 3.06. The predicted molar refractivity (Wildman–Crippen MR) is 93.3 cm³/mol. The fraction of sp³-hybridized carbons (Fsp3) is 0.611. The summed E-state index contributed by atoms with van der Waals surface area (Å²) in [6, 6.07) is 3.41. The van der Waals surface area contributed by atoms with E-state index < -0.39 is 0 Å². The summed E-state index contributed by atoms with van der Waals surface area (Å²) in [4.78, 5) is 14.9. The minimum absolute atomic E-state index is 0.161. The summed E-state index contributed by atoms with van der Waals surface area (Å²) in [6.07, 6.45) is 4.86. The van der Waals surface area contributed by atoms with Crippen molar-refractivity contribution in [1.82, 2.24) is 10.2 Å². The summed E-state index contributed by atoms with van der Waals surface area (Å²) < 4.78 is 15.9. The lowest BCUT2D eigenvalue weighted by molar-refractivity contribution is 0.0947. The minimum atomic E-state index is -0.161. The first-order valence-corrected chi connectivity index (χ1v) is 8.50. The Labute approximate surface area is 144 Å². The molecule has 1 saturated heterocycles. The number of hydrogen-bond donors (Lipinski definition) is 1. The number of rotatable bonds is 8. The van der Waals surface area contributed by atoms with Gasteiger partial charge in [-0.25, -0.2) is 0 Å². The molecule has 2 rings (SSSR count). The van der Waals surface area contributed by atoms with Crippen molar-refractivity contribution in [3.8, 4) is 17.2 Å². The Morgan fingerprint density at radius 2 is 1.75 bits per heavy atom. The van der Waals surface area contributed by atoms with Crippen LogP contribution in [-0.4, -0.2) is 58.3 Å². The zero-order valence-corrected chi connectivity index (χ0v) is 14.9. The summed E-state index contributed by atoms with van der Waals surface area (Å²) in [6.45, 7) is 4.03. The topological polar surface area (TPSA) is 60.0 Å². The number of piperidine rings is 1. The third-order valence-corrected chi connectivity index (χ3v) is 4.33. The normalized spacial score (nSPS) is 15.0. The summed E-state index contributed by atoms with van der Waals surface area (Å²) in [5.74, 6) is 1.20. The van der Waals surface area contributed by atoms with Crippen molar-refractivity contribution in [1.29, 1.82) is 0 Å². The molecule has 1 aromatic rings. The van der Waals surface area contributed by atoms with Gasteiger partial charge in [-0.1, -0.05) is 6.42 Å². The minimum Gasteiger partial charge on any atom is -0.493 e. The van der Waals surface area contributed by atoms with Gasteiger partial charge in [-0.05, 0) is 51.0 Å². The molecule has 0 bridgehead atoms. The van der Waals surface area contributed by atoms with Gasteiger partial charge in [-0.15, -0.1) is 0 Å². The van der Waals surface area contributed by atoms with Gasteiger partial charge in [0.05, 0.1) is 26.9 Å². The molecule has 1 aromatic carbocycles. The standard InChI is InChI=1S/C18H28N2O4/c1-22-15-9-8-14(16(23-2)17(15)24-3)18(21)19-10-7-13-20-11-5-4-6-12-20/h8-9H,4-7,10-13H2,1-3H3,(H,19,21). The molecule has 1 fully saturated rings. The Morgan fingerprint density at radius 1 is 1.04 bits per heavy atom. The van der Waals surface area contributed by atoms with E-state index in [0.717, 1.165) is 13.0 Å². The van der Waals surface area contributed by atoms with Crippen LogP contribution in [0.25, 0.3) is 0 Å². The Bertz CT molecular complexity index is 542. The zero-order valence-electron chi connectivity index (χ0n) is 14.9. The van der Waals surface area contributed by atoms with Crippen molar-refractivity contribution >= 4 is 5.91 Å². The van der Waals surface area contributed by atoms with E-state index in [0.29, 0.717) is 29.4 Å². The lowest BCUT2D eigenvalue weighted by Crippen LogP contribution is -2.33. The molecule has 24 heavy (non-hydrogen) atoms. The number of methoxy groups -OCH3 is 3. The number of amides is 1. The first-order valence-electron chi connectivity index (χ1n) is 8.50. The van der Waals surface area contributed by atoms with E-state index in [4.69, 9.17) is 14.2 Å². The van der Waals surface area contributed by atoms with Gasteiger partial charge in [-0.2, -0.15) is 0 Å². The highest BCUT2D eigenvalue weighted by Crippen LogP contribution is 2.39. The molecule has 1 aliphatic rings. The van der Waals surface area contributed by atoms with E-state index in [1.165, 1.54) is 46.6 Å². The van der Waals surface area contributed by atoms with E-state index >= 15 is 0 Å². The van der Waals surface area contributed by atoms with E-state index in [1.54, 1.807) is 19.2 Å². The van der Waals surface area contributed by atoms with Crippen LogP contribution >= 0.6 is 0 Å². The molecular weight excluding hydrogens is 308 g/mol. The maximum Gasteiger partial charge on any atom is 0.255 e. The smallest absolute Gasteiger partial charge is 0.255 e. The van der Waals surface area contributed by atoms with Crippen molar-refractivity contribution < 1.29 is 19.0 Å². The number of benzene rings is 1. The maximum absolute atomic E-state index is 12.4. The number of ether oxygens (including phenoxy) is 3. The first-order chi connectivity index (χ1) is 11.7. The molecule has 0 unspecified atom stereocenters. The van der Waals surface area contributed by atoms with E-state index in [1.807, 2.05) is 0 Å². The molecule has 1 aliphatic heterocycles. The molecule has 1 amide bonds. The summed E-state index contributed by atoms with van der Waals surface area (Å²) in [5, 5.41) is 2.96. The Kier molecular flexibility index (Phi) is 7.18. The lowest BCUT2D eigenvalue weighted by Gasteiger charge is -2.26. The monoisotopic (exact) mass is 336 g/mol.